The number of aryl methyl sites for hydroxylation is 1. The second kappa shape index (κ2) is 4.91. The van der Waals surface area contributed by atoms with Crippen molar-refractivity contribution >= 4 is 0 Å². The largest absolute Gasteiger partial charge is 0.393 e. The summed E-state index contributed by atoms with van der Waals surface area (Å²) in [6.07, 6.45) is 0.512. The minimum atomic E-state index is -0.569. The molecule has 1 nitrogen and oxygen atoms in total. The summed E-state index contributed by atoms with van der Waals surface area (Å²) in [6, 6.07) is 3.46. The van der Waals surface area contributed by atoms with Gasteiger partial charge in [0.15, 0.2) is 0 Å². The number of hydrogen-bond donors (Lipinski definition) is 1. The van der Waals surface area contributed by atoms with Gasteiger partial charge in [0.2, 0.25) is 0 Å². The Bertz CT molecular complexity index is 335. The molecule has 0 saturated heterocycles. The van der Waals surface area contributed by atoms with Crippen molar-refractivity contribution in [2.45, 2.75) is 39.7 Å². The van der Waals surface area contributed by atoms with E-state index in [1.165, 1.54) is 12.1 Å². The number of aliphatic hydroxyl groups excluding tert-OH is 1. The molecule has 0 fully saturated rings. The molecule has 0 aliphatic carbocycles. The summed E-state index contributed by atoms with van der Waals surface area (Å²) in [5, 5.41) is 9.80. The number of benzene rings is 1. The van der Waals surface area contributed by atoms with Gasteiger partial charge in [0.25, 0.3) is 0 Å². The lowest BCUT2D eigenvalue weighted by Gasteiger charge is -2.25. The first kappa shape index (κ1) is 13.1. The molecule has 1 aromatic rings. The lowest BCUT2D eigenvalue weighted by atomic mass is 9.86. The second-order valence-corrected chi connectivity index (χ2v) is 5.20. The molecule has 0 aliphatic heterocycles. The van der Waals surface area contributed by atoms with Crippen molar-refractivity contribution in [3.63, 3.8) is 0 Å². The van der Waals surface area contributed by atoms with Gasteiger partial charge in [-0.3, -0.25) is 0 Å². The molecule has 16 heavy (non-hydrogen) atoms. The maximum Gasteiger partial charge on any atom is 0.126 e. The molecule has 1 aromatic carbocycles. The van der Waals surface area contributed by atoms with Crippen LogP contribution in [0.2, 0.25) is 0 Å². The monoisotopic (exact) mass is 228 g/mol. The normalized spacial score (nSPS) is 13.9. The summed E-state index contributed by atoms with van der Waals surface area (Å²) in [5.41, 5.74) is 0.382. The van der Waals surface area contributed by atoms with Crippen LogP contribution in [0, 0.1) is 17.0 Å². The zero-order chi connectivity index (χ0) is 12.3. The van der Waals surface area contributed by atoms with Crippen LogP contribution in [0.5, 0.6) is 0 Å². The smallest absolute Gasteiger partial charge is 0.126 e. The van der Waals surface area contributed by atoms with Crippen LogP contribution < -0.4 is 0 Å². The lowest BCUT2D eigenvalue weighted by molar-refractivity contribution is 0.0559. The summed E-state index contributed by atoms with van der Waals surface area (Å²) in [7, 11) is 0. The van der Waals surface area contributed by atoms with Gasteiger partial charge in [0, 0.05) is 6.07 Å². The van der Waals surface area contributed by atoms with Crippen LogP contribution in [0.3, 0.4) is 0 Å². The van der Waals surface area contributed by atoms with E-state index in [4.69, 9.17) is 0 Å². The molecular weight excluding hydrogens is 210 g/mol. The number of halogens is 2. The van der Waals surface area contributed by atoms with E-state index in [-0.39, 0.29) is 5.41 Å². The second-order valence-electron chi connectivity index (χ2n) is 5.20. The Balaban J connectivity index is 2.61. The third-order valence-electron chi connectivity index (χ3n) is 2.63. The van der Waals surface area contributed by atoms with Gasteiger partial charge in [-0.05, 0) is 36.0 Å². The van der Waals surface area contributed by atoms with Gasteiger partial charge in [-0.15, -0.1) is 0 Å². The number of hydrogen-bond acceptors (Lipinski definition) is 1. The molecule has 0 heterocycles. The van der Waals surface area contributed by atoms with Crippen LogP contribution >= 0.6 is 0 Å². The van der Waals surface area contributed by atoms with Crippen molar-refractivity contribution in [2.75, 3.05) is 0 Å². The third kappa shape index (κ3) is 3.89. The summed E-state index contributed by atoms with van der Waals surface area (Å²) in [6.45, 7) is 5.80. The van der Waals surface area contributed by atoms with E-state index < -0.39 is 17.7 Å². The van der Waals surface area contributed by atoms with Crippen LogP contribution in [0.1, 0.15) is 32.8 Å². The molecule has 0 bridgehead atoms. The first-order valence-electron chi connectivity index (χ1n) is 5.42. The first-order chi connectivity index (χ1) is 7.29. The van der Waals surface area contributed by atoms with Gasteiger partial charge >= 0.3 is 0 Å². The molecule has 90 valence electrons. The van der Waals surface area contributed by atoms with Crippen LogP contribution in [0.15, 0.2) is 18.2 Å². The van der Waals surface area contributed by atoms with Gasteiger partial charge in [-0.25, -0.2) is 8.78 Å². The van der Waals surface area contributed by atoms with Crippen LogP contribution in [0.25, 0.3) is 0 Å². The van der Waals surface area contributed by atoms with Gasteiger partial charge in [0.1, 0.15) is 11.6 Å². The van der Waals surface area contributed by atoms with E-state index in [1.54, 1.807) is 0 Å². The fourth-order valence-corrected chi connectivity index (χ4v) is 1.49. The van der Waals surface area contributed by atoms with E-state index in [0.29, 0.717) is 18.4 Å². The van der Waals surface area contributed by atoms with Crippen molar-refractivity contribution in [2.24, 2.45) is 5.41 Å². The van der Waals surface area contributed by atoms with Crippen LogP contribution in [-0.2, 0) is 6.42 Å². The Kier molecular flexibility index (Phi) is 4.03. The quantitative estimate of drug-likeness (QED) is 0.841. The molecule has 1 N–H and O–H groups in total. The molecule has 0 aromatic heterocycles. The van der Waals surface area contributed by atoms with E-state index >= 15 is 0 Å². The summed E-state index contributed by atoms with van der Waals surface area (Å²) < 4.78 is 25.8. The highest BCUT2D eigenvalue weighted by Crippen LogP contribution is 2.23. The number of rotatable bonds is 3. The molecule has 0 aliphatic rings. The molecule has 1 atom stereocenters. The molecule has 3 heteroatoms. The van der Waals surface area contributed by atoms with Gasteiger partial charge in [-0.2, -0.15) is 0 Å². The first-order valence-corrected chi connectivity index (χ1v) is 5.42. The zero-order valence-corrected chi connectivity index (χ0v) is 9.93. The molecule has 1 rings (SSSR count). The predicted molar refractivity (Wildman–Crippen MR) is 60.1 cm³/mol. The Morgan fingerprint density at radius 2 is 1.62 bits per heavy atom. The van der Waals surface area contributed by atoms with E-state index in [1.807, 2.05) is 20.8 Å². The minimum Gasteiger partial charge on any atom is -0.393 e. The highest BCUT2D eigenvalue weighted by atomic mass is 19.1. The van der Waals surface area contributed by atoms with Crippen molar-refractivity contribution < 1.29 is 13.9 Å². The maximum absolute atomic E-state index is 12.9. The standard InChI is InChI=1S/C13H18F2O/c1-13(2,3)12(16)5-4-9-6-10(14)8-11(15)7-9/h6-8,12,16H,4-5H2,1-3H3. The topological polar surface area (TPSA) is 20.2 Å². The molecule has 0 radical (unpaired) electrons. The maximum atomic E-state index is 12.9. The Morgan fingerprint density at radius 3 is 2.06 bits per heavy atom. The zero-order valence-electron chi connectivity index (χ0n) is 9.93. The lowest BCUT2D eigenvalue weighted by Crippen LogP contribution is -2.26. The Labute approximate surface area is 95.1 Å². The molecule has 1 unspecified atom stereocenters. The average molecular weight is 228 g/mol. The van der Waals surface area contributed by atoms with Gasteiger partial charge in [-0.1, -0.05) is 20.8 Å². The van der Waals surface area contributed by atoms with Gasteiger partial charge < -0.3 is 5.11 Å². The van der Waals surface area contributed by atoms with Crippen molar-refractivity contribution in [1.82, 2.24) is 0 Å². The SMILES string of the molecule is CC(C)(C)C(O)CCc1cc(F)cc(F)c1. The molecular formula is C13H18F2O. The highest BCUT2D eigenvalue weighted by Gasteiger charge is 2.21. The predicted octanol–water partition coefficient (Wildman–Crippen LogP) is 3.30. The third-order valence-corrected chi connectivity index (χ3v) is 2.63. The average Bonchev–Trinajstić information content (AvgIpc) is 2.11. The fourth-order valence-electron chi connectivity index (χ4n) is 1.49. The number of aliphatic hydroxyl groups is 1. The molecule has 0 spiro atoms. The van der Waals surface area contributed by atoms with E-state index in [2.05, 4.69) is 0 Å². The summed E-state index contributed by atoms with van der Waals surface area (Å²) in [4.78, 5) is 0. The fraction of sp³-hybridized carbons (Fsp3) is 0.538. The van der Waals surface area contributed by atoms with E-state index in [9.17, 15) is 13.9 Å². The Morgan fingerprint density at radius 1 is 1.12 bits per heavy atom. The molecule has 0 amide bonds. The summed E-state index contributed by atoms with van der Waals surface area (Å²) in [5.74, 6) is -1.14. The highest BCUT2D eigenvalue weighted by molar-refractivity contribution is 5.18. The summed E-state index contributed by atoms with van der Waals surface area (Å²) >= 11 is 0. The van der Waals surface area contributed by atoms with Crippen LogP contribution in [0.4, 0.5) is 8.78 Å². The minimum absolute atomic E-state index is 0.203. The molecule has 0 saturated carbocycles. The van der Waals surface area contributed by atoms with Gasteiger partial charge in [0.05, 0.1) is 6.10 Å². The van der Waals surface area contributed by atoms with Crippen molar-refractivity contribution in [1.29, 1.82) is 0 Å². The van der Waals surface area contributed by atoms with Crippen molar-refractivity contribution in [3.8, 4) is 0 Å². The van der Waals surface area contributed by atoms with E-state index in [0.717, 1.165) is 6.07 Å². The van der Waals surface area contributed by atoms with Crippen LogP contribution in [-0.4, -0.2) is 11.2 Å². The van der Waals surface area contributed by atoms with Crippen molar-refractivity contribution in [3.05, 3.63) is 35.4 Å². The Hall–Kier alpha value is -0.960.